The van der Waals surface area contributed by atoms with Crippen molar-refractivity contribution in [3.63, 3.8) is 0 Å². The Bertz CT molecular complexity index is 747. The molecule has 0 bridgehead atoms. The third kappa shape index (κ3) is 1.78. The van der Waals surface area contributed by atoms with E-state index in [4.69, 9.17) is 14.3 Å². The fourth-order valence-corrected chi connectivity index (χ4v) is 2.19. The van der Waals surface area contributed by atoms with Crippen molar-refractivity contribution in [2.75, 3.05) is 6.61 Å². The van der Waals surface area contributed by atoms with Crippen molar-refractivity contribution in [1.82, 2.24) is 15.2 Å². The molecule has 4 unspecified atom stereocenters. The fourth-order valence-electron chi connectivity index (χ4n) is 2.19. The zero-order chi connectivity index (χ0) is 14.4. The molecule has 3 rings (SSSR count). The molecule has 5 N–H and O–H groups in total. The number of hydrogen-bond donors (Lipinski definition) is 5. The standard InChI is InChI=1S/C10H11N3O7/c14-1-2-5(15)6(16)8(19-2)3-7-4(13-12-3)9(17)11-10(18)20-7/h2,5-6,8,14-16H,1H2,(H,12,13)(H,11,17,18). The molecule has 0 aliphatic carbocycles. The maximum absolute atomic E-state index is 11.5. The molecule has 0 spiro atoms. The van der Waals surface area contributed by atoms with Gasteiger partial charge >= 0.3 is 5.76 Å². The monoisotopic (exact) mass is 285 g/mol. The van der Waals surface area contributed by atoms with E-state index in [1.807, 2.05) is 4.98 Å². The number of ether oxygens (including phenoxy) is 1. The first-order valence-corrected chi connectivity index (χ1v) is 5.76. The van der Waals surface area contributed by atoms with Gasteiger partial charge in [0.2, 0.25) is 0 Å². The Balaban J connectivity index is 2.12. The van der Waals surface area contributed by atoms with Crippen LogP contribution in [0.4, 0.5) is 0 Å². The van der Waals surface area contributed by atoms with Gasteiger partial charge in [0.1, 0.15) is 30.1 Å². The summed E-state index contributed by atoms with van der Waals surface area (Å²) in [6, 6.07) is 0. The van der Waals surface area contributed by atoms with Crippen molar-refractivity contribution in [2.24, 2.45) is 0 Å². The molecule has 10 nitrogen and oxygen atoms in total. The maximum atomic E-state index is 11.5. The van der Waals surface area contributed by atoms with E-state index in [-0.39, 0.29) is 16.8 Å². The summed E-state index contributed by atoms with van der Waals surface area (Å²) < 4.78 is 10.1. The molecule has 1 saturated heterocycles. The summed E-state index contributed by atoms with van der Waals surface area (Å²) in [4.78, 5) is 24.6. The van der Waals surface area contributed by atoms with Gasteiger partial charge in [-0.25, -0.2) is 4.79 Å². The normalized spacial score (nSPS) is 30.1. The number of aromatic nitrogens is 3. The van der Waals surface area contributed by atoms with Gasteiger partial charge in [-0.05, 0) is 0 Å². The number of aliphatic hydroxyl groups is 3. The largest absolute Gasteiger partial charge is 0.419 e. The SMILES string of the molecule is O=c1[nH]c(=O)c2[nH]nc(C3OC(CO)C(O)C3O)c2o1. The molecular formula is C10H11N3O7. The van der Waals surface area contributed by atoms with Crippen LogP contribution in [0.5, 0.6) is 0 Å². The quantitative estimate of drug-likeness (QED) is 0.400. The molecule has 1 aliphatic heterocycles. The van der Waals surface area contributed by atoms with Crippen molar-refractivity contribution in [1.29, 1.82) is 0 Å². The molecule has 2 aromatic rings. The molecule has 1 fully saturated rings. The van der Waals surface area contributed by atoms with Crippen LogP contribution in [0.3, 0.4) is 0 Å². The highest BCUT2D eigenvalue weighted by molar-refractivity contribution is 5.73. The van der Waals surface area contributed by atoms with E-state index in [9.17, 15) is 19.8 Å². The van der Waals surface area contributed by atoms with E-state index in [2.05, 4.69) is 10.2 Å². The van der Waals surface area contributed by atoms with Crippen LogP contribution in [0, 0.1) is 0 Å². The average Bonchev–Trinajstić information content (AvgIpc) is 2.93. The molecule has 1 aliphatic rings. The molecular weight excluding hydrogens is 274 g/mol. The van der Waals surface area contributed by atoms with Crippen LogP contribution >= 0.6 is 0 Å². The molecule has 10 heteroatoms. The number of aromatic amines is 2. The predicted molar refractivity (Wildman–Crippen MR) is 62.0 cm³/mol. The molecule has 0 aromatic carbocycles. The van der Waals surface area contributed by atoms with Gasteiger partial charge in [-0.2, -0.15) is 5.10 Å². The molecule has 0 saturated carbocycles. The van der Waals surface area contributed by atoms with Gasteiger partial charge in [0.05, 0.1) is 6.61 Å². The van der Waals surface area contributed by atoms with Crippen LogP contribution in [0.1, 0.15) is 11.8 Å². The zero-order valence-corrected chi connectivity index (χ0v) is 9.94. The minimum Gasteiger partial charge on any atom is -0.405 e. The number of nitrogens with zero attached hydrogens (tertiary/aromatic N) is 1. The summed E-state index contributed by atoms with van der Waals surface area (Å²) in [6.07, 6.45) is -4.80. The second-order valence-electron chi connectivity index (χ2n) is 4.42. The second kappa shape index (κ2) is 4.52. The minimum atomic E-state index is -1.37. The van der Waals surface area contributed by atoms with Crippen LogP contribution in [-0.4, -0.2) is 55.4 Å². The van der Waals surface area contributed by atoms with Crippen LogP contribution < -0.4 is 11.3 Å². The van der Waals surface area contributed by atoms with E-state index in [1.54, 1.807) is 0 Å². The number of hydrogen-bond acceptors (Lipinski definition) is 8. The van der Waals surface area contributed by atoms with Crippen LogP contribution in [0.25, 0.3) is 11.1 Å². The first-order valence-electron chi connectivity index (χ1n) is 5.76. The number of fused-ring (bicyclic) bond motifs is 1. The predicted octanol–water partition coefficient (Wildman–Crippen LogP) is -2.64. The number of nitrogens with one attached hydrogen (secondary N) is 2. The van der Waals surface area contributed by atoms with Crippen molar-refractivity contribution >= 4 is 11.1 Å². The summed E-state index contributed by atoms with van der Waals surface area (Å²) in [6.45, 7) is -0.498. The van der Waals surface area contributed by atoms with Crippen molar-refractivity contribution in [2.45, 2.75) is 24.4 Å². The van der Waals surface area contributed by atoms with Gasteiger partial charge in [0, 0.05) is 0 Å². The zero-order valence-electron chi connectivity index (χ0n) is 9.94. The van der Waals surface area contributed by atoms with Gasteiger partial charge in [0.25, 0.3) is 5.56 Å². The lowest BCUT2D eigenvalue weighted by atomic mass is 10.1. The van der Waals surface area contributed by atoms with Gasteiger partial charge in [-0.15, -0.1) is 0 Å². The van der Waals surface area contributed by atoms with Gasteiger partial charge in [-0.3, -0.25) is 14.9 Å². The highest BCUT2D eigenvalue weighted by Crippen LogP contribution is 2.34. The van der Waals surface area contributed by atoms with E-state index < -0.39 is 42.3 Å². The van der Waals surface area contributed by atoms with E-state index >= 15 is 0 Å². The molecule has 0 amide bonds. The second-order valence-corrected chi connectivity index (χ2v) is 4.42. The molecule has 0 radical (unpaired) electrons. The average molecular weight is 285 g/mol. The van der Waals surface area contributed by atoms with Gasteiger partial charge in [-0.1, -0.05) is 0 Å². The number of aliphatic hydroxyl groups excluding tert-OH is 3. The maximum Gasteiger partial charge on any atom is 0.419 e. The van der Waals surface area contributed by atoms with E-state index in [1.165, 1.54) is 0 Å². The Morgan fingerprint density at radius 2 is 2.00 bits per heavy atom. The van der Waals surface area contributed by atoms with Gasteiger partial charge in [0.15, 0.2) is 11.1 Å². The Morgan fingerprint density at radius 1 is 1.25 bits per heavy atom. The molecule has 3 heterocycles. The summed E-state index contributed by atoms with van der Waals surface area (Å²) in [7, 11) is 0. The first-order chi connectivity index (χ1) is 9.52. The minimum absolute atomic E-state index is 0.0225. The Hall–Kier alpha value is -2.01. The summed E-state index contributed by atoms with van der Waals surface area (Å²) in [5.41, 5.74) is -0.988. The Kier molecular flexibility index (Phi) is 2.94. The topological polar surface area (TPSA) is 162 Å². The molecule has 20 heavy (non-hydrogen) atoms. The third-order valence-corrected chi connectivity index (χ3v) is 3.20. The lowest BCUT2D eigenvalue weighted by Gasteiger charge is -2.11. The number of rotatable bonds is 2. The summed E-state index contributed by atoms with van der Waals surface area (Å²) >= 11 is 0. The lowest BCUT2D eigenvalue weighted by molar-refractivity contribution is -0.0238. The van der Waals surface area contributed by atoms with Crippen molar-refractivity contribution in [3.8, 4) is 0 Å². The first kappa shape index (κ1) is 13.0. The molecule has 4 atom stereocenters. The van der Waals surface area contributed by atoms with Crippen LogP contribution in [0.15, 0.2) is 14.0 Å². The van der Waals surface area contributed by atoms with Crippen molar-refractivity contribution < 1.29 is 24.5 Å². The smallest absolute Gasteiger partial charge is 0.405 e. The molecule has 108 valence electrons. The van der Waals surface area contributed by atoms with Gasteiger partial charge < -0.3 is 24.5 Å². The summed E-state index contributed by atoms with van der Waals surface area (Å²) in [5.74, 6) is -0.975. The highest BCUT2D eigenvalue weighted by Gasteiger charge is 2.45. The summed E-state index contributed by atoms with van der Waals surface area (Å²) in [5, 5.41) is 34.7. The Morgan fingerprint density at radius 3 is 2.65 bits per heavy atom. The Labute approximate surface area is 109 Å². The third-order valence-electron chi connectivity index (χ3n) is 3.20. The number of H-pyrrole nitrogens is 2. The highest BCUT2D eigenvalue weighted by atomic mass is 16.6. The van der Waals surface area contributed by atoms with E-state index in [0.717, 1.165) is 0 Å². The van der Waals surface area contributed by atoms with Crippen molar-refractivity contribution in [3.05, 3.63) is 26.6 Å². The van der Waals surface area contributed by atoms with Crippen LogP contribution in [0.2, 0.25) is 0 Å². The lowest BCUT2D eigenvalue weighted by Crippen LogP contribution is -2.32. The van der Waals surface area contributed by atoms with Crippen LogP contribution in [-0.2, 0) is 4.74 Å². The molecule has 2 aromatic heterocycles. The fraction of sp³-hybridized carbons (Fsp3) is 0.500. The van der Waals surface area contributed by atoms with E-state index in [0.29, 0.717) is 0 Å².